The van der Waals surface area contributed by atoms with Gasteiger partial charge in [0.1, 0.15) is 5.82 Å². The highest BCUT2D eigenvalue weighted by Crippen LogP contribution is 2.33. The Morgan fingerprint density at radius 3 is 2.80 bits per heavy atom. The highest BCUT2D eigenvalue weighted by Gasteiger charge is 2.36. The van der Waals surface area contributed by atoms with Crippen molar-refractivity contribution in [3.8, 4) is 0 Å². The van der Waals surface area contributed by atoms with Gasteiger partial charge in [-0.1, -0.05) is 6.92 Å². The van der Waals surface area contributed by atoms with Crippen molar-refractivity contribution < 1.29 is 8.42 Å². The van der Waals surface area contributed by atoms with Gasteiger partial charge in [-0.2, -0.15) is 0 Å². The first-order valence-corrected chi connectivity index (χ1v) is 8.75. The van der Waals surface area contributed by atoms with Gasteiger partial charge in [-0.3, -0.25) is 0 Å². The second kappa shape index (κ2) is 4.56. The van der Waals surface area contributed by atoms with Gasteiger partial charge in [-0.05, 0) is 37.6 Å². The summed E-state index contributed by atoms with van der Waals surface area (Å²) in [4.78, 5) is 8.33. The topological polar surface area (TPSA) is 74.8 Å². The maximum Gasteiger partial charge on any atom is 0.175 e. The molecule has 0 spiro atoms. The molecule has 1 aromatic carbocycles. The zero-order chi connectivity index (χ0) is 14.4. The molecule has 2 N–H and O–H groups in total. The molecule has 0 saturated carbocycles. The lowest BCUT2D eigenvalue weighted by Crippen LogP contribution is -2.29. The van der Waals surface area contributed by atoms with Crippen molar-refractivity contribution in [3.63, 3.8) is 0 Å². The lowest BCUT2D eigenvalue weighted by Gasteiger charge is -2.23. The van der Waals surface area contributed by atoms with E-state index >= 15 is 0 Å². The summed E-state index contributed by atoms with van der Waals surface area (Å²) in [5.74, 6) is 0.964. The number of imidazole rings is 1. The van der Waals surface area contributed by atoms with E-state index < -0.39 is 9.84 Å². The molecule has 2 heterocycles. The molecule has 1 saturated heterocycles. The van der Waals surface area contributed by atoms with E-state index in [1.54, 1.807) is 18.2 Å². The average Bonchev–Trinajstić information content (AvgIpc) is 3.04. The summed E-state index contributed by atoms with van der Waals surface area (Å²) in [5, 5.41) is 3.39. The highest BCUT2D eigenvalue weighted by molar-refractivity contribution is 7.90. The van der Waals surface area contributed by atoms with E-state index in [4.69, 9.17) is 0 Å². The largest absolute Gasteiger partial charge is 0.341 e. The zero-order valence-electron chi connectivity index (χ0n) is 11.7. The van der Waals surface area contributed by atoms with Crippen molar-refractivity contribution in [1.29, 1.82) is 0 Å². The number of sulfone groups is 1. The molecule has 1 aliphatic rings. The normalized spacial score (nSPS) is 23.5. The van der Waals surface area contributed by atoms with Crippen LogP contribution in [0.2, 0.25) is 0 Å². The first kappa shape index (κ1) is 13.6. The van der Waals surface area contributed by atoms with E-state index in [0.29, 0.717) is 4.90 Å². The number of nitrogens with one attached hydrogen (secondary N) is 2. The Morgan fingerprint density at radius 2 is 2.20 bits per heavy atom. The molecule has 5 nitrogen and oxygen atoms in total. The van der Waals surface area contributed by atoms with Crippen molar-refractivity contribution in [2.24, 2.45) is 0 Å². The van der Waals surface area contributed by atoms with E-state index in [1.807, 2.05) is 0 Å². The van der Waals surface area contributed by atoms with Crippen molar-refractivity contribution in [2.75, 3.05) is 19.3 Å². The molecule has 2 aromatic rings. The molecule has 0 amide bonds. The first-order chi connectivity index (χ1) is 9.44. The van der Waals surface area contributed by atoms with Gasteiger partial charge in [0.25, 0.3) is 0 Å². The van der Waals surface area contributed by atoms with Crippen LogP contribution in [-0.2, 0) is 15.3 Å². The smallest absolute Gasteiger partial charge is 0.175 e. The first-order valence-electron chi connectivity index (χ1n) is 6.86. The van der Waals surface area contributed by atoms with Crippen LogP contribution in [0.5, 0.6) is 0 Å². The van der Waals surface area contributed by atoms with Crippen LogP contribution >= 0.6 is 0 Å². The van der Waals surface area contributed by atoms with Crippen molar-refractivity contribution in [2.45, 2.75) is 30.1 Å². The minimum atomic E-state index is -3.18. The van der Waals surface area contributed by atoms with Crippen molar-refractivity contribution in [1.82, 2.24) is 15.3 Å². The number of aromatic amines is 1. The van der Waals surface area contributed by atoms with Crippen LogP contribution in [0.25, 0.3) is 11.0 Å². The number of hydrogen-bond acceptors (Lipinski definition) is 4. The zero-order valence-corrected chi connectivity index (χ0v) is 12.5. The summed E-state index contributed by atoms with van der Waals surface area (Å²) in [6.07, 6.45) is 3.29. The highest BCUT2D eigenvalue weighted by atomic mass is 32.2. The van der Waals surface area contributed by atoms with Crippen molar-refractivity contribution >= 4 is 20.9 Å². The fraction of sp³-hybridized carbons (Fsp3) is 0.500. The van der Waals surface area contributed by atoms with Gasteiger partial charge in [0, 0.05) is 18.2 Å². The van der Waals surface area contributed by atoms with Crippen molar-refractivity contribution in [3.05, 3.63) is 24.0 Å². The van der Waals surface area contributed by atoms with Crippen LogP contribution in [-0.4, -0.2) is 37.7 Å². The van der Waals surface area contributed by atoms with Crippen LogP contribution < -0.4 is 5.32 Å². The number of rotatable bonds is 3. The number of aromatic nitrogens is 2. The third-order valence-electron chi connectivity index (χ3n) is 4.30. The summed E-state index contributed by atoms with van der Waals surface area (Å²) >= 11 is 0. The molecule has 0 aliphatic carbocycles. The number of benzene rings is 1. The van der Waals surface area contributed by atoms with Gasteiger partial charge in [0.05, 0.1) is 15.9 Å². The summed E-state index contributed by atoms with van der Waals surface area (Å²) in [6, 6.07) is 5.07. The lowest BCUT2D eigenvalue weighted by atomic mass is 9.83. The molecular weight excluding hydrogens is 274 g/mol. The van der Waals surface area contributed by atoms with Gasteiger partial charge in [-0.25, -0.2) is 13.4 Å². The lowest BCUT2D eigenvalue weighted by molar-refractivity contribution is 0.431. The molecule has 20 heavy (non-hydrogen) atoms. The Kier molecular flexibility index (Phi) is 3.10. The van der Waals surface area contributed by atoms with Crippen LogP contribution in [0.4, 0.5) is 0 Å². The molecule has 3 rings (SSSR count). The molecule has 1 unspecified atom stereocenters. The molecular formula is C14H19N3O2S. The molecule has 6 heteroatoms. The molecule has 1 aliphatic heterocycles. The van der Waals surface area contributed by atoms with Gasteiger partial charge >= 0.3 is 0 Å². The minimum Gasteiger partial charge on any atom is -0.341 e. The van der Waals surface area contributed by atoms with Gasteiger partial charge in [-0.15, -0.1) is 0 Å². The van der Waals surface area contributed by atoms with Crippen LogP contribution in [0.15, 0.2) is 23.1 Å². The fourth-order valence-corrected chi connectivity index (χ4v) is 3.53. The number of H-pyrrole nitrogens is 1. The maximum atomic E-state index is 11.6. The monoisotopic (exact) mass is 293 g/mol. The van der Waals surface area contributed by atoms with Crippen LogP contribution in [0, 0.1) is 0 Å². The molecule has 108 valence electrons. The summed E-state index contributed by atoms with van der Waals surface area (Å²) in [5.41, 5.74) is 1.67. The van der Waals surface area contributed by atoms with Gasteiger partial charge in [0.15, 0.2) is 9.84 Å². The SMILES string of the molecule is CCC1(c2nc3ccc(S(C)(=O)=O)cc3[nH]2)CCNC1. The summed E-state index contributed by atoms with van der Waals surface area (Å²) < 4.78 is 23.2. The molecule has 1 atom stereocenters. The number of fused-ring (bicyclic) bond motifs is 1. The maximum absolute atomic E-state index is 11.6. The fourth-order valence-electron chi connectivity index (χ4n) is 2.89. The minimum absolute atomic E-state index is 0.0459. The summed E-state index contributed by atoms with van der Waals surface area (Å²) in [6.45, 7) is 4.09. The van der Waals surface area contributed by atoms with Crippen LogP contribution in [0.1, 0.15) is 25.6 Å². The van der Waals surface area contributed by atoms with E-state index in [2.05, 4.69) is 22.2 Å². The van der Waals surface area contributed by atoms with E-state index in [-0.39, 0.29) is 5.41 Å². The second-order valence-electron chi connectivity index (χ2n) is 5.60. The van der Waals surface area contributed by atoms with E-state index in [9.17, 15) is 8.42 Å². The number of nitrogens with zero attached hydrogens (tertiary/aromatic N) is 1. The standard InChI is InChI=1S/C14H19N3O2S/c1-3-14(6-7-15-9-14)13-16-11-5-4-10(20(2,18)19)8-12(11)17-13/h4-5,8,15H,3,6-7,9H2,1-2H3,(H,16,17). The van der Waals surface area contributed by atoms with E-state index in [1.165, 1.54) is 6.26 Å². The molecule has 1 fully saturated rings. The Labute approximate surface area is 118 Å². The third kappa shape index (κ3) is 2.13. The summed E-state index contributed by atoms with van der Waals surface area (Å²) in [7, 11) is -3.18. The third-order valence-corrected chi connectivity index (χ3v) is 5.41. The van der Waals surface area contributed by atoms with Crippen LogP contribution in [0.3, 0.4) is 0 Å². The second-order valence-corrected chi connectivity index (χ2v) is 7.61. The molecule has 0 bridgehead atoms. The predicted octanol–water partition coefficient (Wildman–Crippen LogP) is 1.61. The Balaban J connectivity index is 2.11. The molecule has 1 aromatic heterocycles. The molecule has 0 radical (unpaired) electrons. The predicted molar refractivity (Wildman–Crippen MR) is 78.7 cm³/mol. The average molecular weight is 293 g/mol. The Bertz CT molecular complexity index is 743. The Hall–Kier alpha value is -1.40. The quantitative estimate of drug-likeness (QED) is 0.901. The van der Waals surface area contributed by atoms with Gasteiger partial charge in [0.2, 0.25) is 0 Å². The van der Waals surface area contributed by atoms with E-state index in [0.717, 1.165) is 42.8 Å². The number of hydrogen-bond donors (Lipinski definition) is 2. The Morgan fingerprint density at radius 1 is 1.40 bits per heavy atom. The van der Waals surface area contributed by atoms with Gasteiger partial charge < -0.3 is 10.3 Å².